The van der Waals surface area contributed by atoms with Crippen LogP contribution in [-0.2, 0) is 0 Å². The molecule has 1 unspecified atom stereocenters. The normalized spacial score (nSPS) is 15.0. The first-order valence-corrected chi connectivity index (χ1v) is 14.3. The zero-order valence-corrected chi connectivity index (χ0v) is 23.2. The second kappa shape index (κ2) is 10.0. The van der Waals surface area contributed by atoms with E-state index in [2.05, 4.69) is 102 Å². The molecule has 1 atom stereocenters. The minimum absolute atomic E-state index is 0.409. The molecule has 0 bridgehead atoms. The average Bonchev–Trinajstić information content (AvgIpc) is 3.46. The lowest BCUT2D eigenvalue weighted by Crippen LogP contribution is -2.33. The molecule has 7 aromatic rings. The maximum atomic E-state index is 6.64. The maximum Gasteiger partial charge on any atom is 0.159 e. The molecule has 1 aromatic heterocycles. The van der Waals surface area contributed by atoms with Crippen LogP contribution < -0.4 is 5.32 Å². The van der Waals surface area contributed by atoms with Crippen LogP contribution in [0.1, 0.15) is 22.9 Å². The fourth-order valence-corrected chi connectivity index (χ4v) is 5.91. The number of benzene rings is 6. The second-order valence-corrected chi connectivity index (χ2v) is 10.8. The van der Waals surface area contributed by atoms with Crippen molar-refractivity contribution in [2.75, 3.05) is 0 Å². The summed E-state index contributed by atoms with van der Waals surface area (Å²) in [6.45, 7) is 0. The zero-order chi connectivity index (χ0) is 28.0. The van der Waals surface area contributed by atoms with Crippen LogP contribution in [0.4, 0.5) is 0 Å². The van der Waals surface area contributed by atoms with Gasteiger partial charge >= 0.3 is 0 Å². The van der Waals surface area contributed by atoms with E-state index in [1.165, 1.54) is 10.9 Å². The molecular formula is C37H24ClN3O. The first-order valence-electron chi connectivity index (χ1n) is 13.9. The highest BCUT2D eigenvalue weighted by Gasteiger charge is 2.25. The number of para-hydroxylation sites is 1. The summed E-state index contributed by atoms with van der Waals surface area (Å²) in [6, 6.07) is 45.5. The molecule has 0 saturated carbocycles. The van der Waals surface area contributed by atoms with E-state index >= 15 is 0 Å². The summed E-state index contributed by atoms with van der Waals surface area (Å²) in [4.78, 5) is 10.2. The number of furan rings is 1. The monoisotopic (exact) mass is 561 g/mol. The minimum atomic E-state index is -0.409. The molecule has 1 aliphatic rings. The fraction of sp³-hybridized carbons (Fsp3) is 0.0270. The lowest BCUT2D eigenvalue weighted by Gasteiger charge is -2.24. The maximum absolute atomic E-state index is 6.64. The molecule has 200 valence electrons. The summed E-state index contributed by atoms with van der Waals surface area (Å²) in [6.07, 6.45) is -0.409. The highest BCUT2D eigenvalue weighted by atomic mass is 35.5. The predicted octanol–water partition coefficient (Wildman–Crippen LogP) is 9.55. The van der Waals surface area contributed by atoms with Gasteiger partial charge in [-0.05, 0) is 40.1 Å². The van der Waals surface area contributed by atoms with Crippen molar-refractivity contribution in [3.05, 3.63) is 155 Å². The van der Waals surface area contributed by atoms with Crippen molar-refractivity contribution < 1.29 is 4.42 Å². The Labute approximate surface area is 247 Å². The number of fused-ring (bicyclic) bond motifs is 4. The molecule has 0 radical (unpaired) electrons. The summed E-state index contributed by atoms with van der Waals surface area (Å²) < 4.78 is 6.20. The largest absolute Gasteiger partial charge is 0.454 e. The number of hydrogen-bond acceptors (Lipinski definition) is 4. The molecule has 8 rings (SSSR count). The molecule has 42 heavy (non-hydrogen) atoms. The zero-order valence-electron chi connectivity index (χ0n) is 22.5. The van der Waals surface area contributed by atoms with Gasteiger partial charge in [0.1, 0.15) is 17.6 Å². The van der Waals surface area contributed by atoms with Gasteiger partial charge in [-0.2, -0.15) is 0 Å². The van der Waals surface area contributed by atoms with Gasteiger partial charge in [-0.15, -0.1) is 0 Å². The van der Waals surface area contributed by atoms with Gasteiger partial charge in [0.2, 0.25) is 0 Å². The van der Waals surface area contributed by atoms with Crippen LogP contribution in [0.25, 0.3) is 43.8 Å². The van der Waals surface area contributed by atoms with Crippen molar-refractivity contribution in [1.29, 1.82) is 0 Å². The highest BCUT2D eigenvalue weighted by molar-refractivity contribution is 6.36. The number of hydrogen-bond donors (Lipinski definition) is 1. The first kappa shape index (κ1) is 24.6. The Balaban J connectivity index is 1.28. The fourth-order valence-electron chi connectivity index (χ4n) is 5.71. The third-order valence-corrected chi connectivity index (χ3v) is 8.12. The smallest absolute Gasteiger partial charge is 0.159 e. The molecular weight excluding hydrogens is 538 g/mol. The third kappa shape index (κ3) is 4.25. The van der Waals surface area contributed by atoms with E-state index in [0.29, 0.717) is 16.4 Å². The minimum Gasteiger partial charge on any atom is -0.454 e. The molecule has 2 heterocycles. The Kier molecular flexibility index (Phi) is 5.87. The van der Waals surface area contributed by atoms with Gasteiger partial charge in [-0.25, -0.2) is 9.98 Å². The molecule has 0 spiro atoms. The number of aliphatic imine (C=N–C) groups is 2. The number of halogens is 1. The Morgan fingerprint density at radius 3 is 2.17 bits per heavy atom. The van der Waals surface area contributed by atoms with Crippen molar-refractivity contribution >= 4 is 56.0 Å². The molecule has 1 N–H and O–H groups in total. The van der Waals surface area contributed by atoms with Crippen molar-refractivity contribution in [1.82, 2.24) is 5.32 Å². The summed E-state index contributed by atoms with van der Waals surface area (Å²) in [7, 11) is 0. The van der Waals surface area contributed by atoms with Gasteiger partial charge in [-0.3, -0.25) is 0 Å². The van der Waals surface area contributed by atoms with Crippen LogP contribution in [0.3, 0.4) is 0 Å². The first-order chi connectivity index (χ1) is 20.7. The SMILES string of the molecule is Clc1ccc(C2N=C(c3ccc4ccccc4c3)N=C(c3ccc(-c4ccccc4)cc3)N2)c2c1oc1ccccc12. The van der Waals surface area contributed by atoms with Crippen LogP contribution >= 0.6 is 11.6 Å². The number of nitrogens with zero attached hydrogens (tertiary/aromatic N) is 2. The molecule has 4 nitrogen and oxygen atoms in total. The van der Waals surface area contributed by atoms with Gasteiger partial charge in [0, 0.05) is 27.5 Å². The van der Waals surface area contributed by atoms with Gasteiger partial charge in [0.05, 0.1) is 5.02 Å². The standard InChI is InChI=1S/C37H24ClN3O/c38-31-21-20-30(33-29-12-6-7-13-32(29)42-34(31)33)37-40-35(26-17-14-25(15-18-26)23-8-2-1-3-9-23)39-36(41-37)28-19-16-24-10-4-5-11-27(24)22-28/h1-22,37H,(H,39,40,41). The Hall–Kier alpha value is -5.19. The molecule has 1 aliphatic heterocycles. The number of nitrogens with one attached hydrogen (secondary N) is 1. The summed E-state index contributed by atoms with van der Waals surface area (Å²) in [5.41, 5.74) is 6.70. The Morgan fingerprint density at radius 1 is 0.619 bits per heavy atom. The third-order valence-electron chi connectivity index (χ3n) is 7.82. The van der Waals surface area contributed by atoms with E-state index in [9.17, 15) is 0 Å². The van der Waals surface area contributed by atoms with Crippen molar-refractivity contribution in [3.63, 3.8) is 0 Å². The number of rotatable bonds is 4. The quantitative estimate of drug-likeness (QED) is 0.232. The molecule has 5 heteroatoms. The second-order valence-electron chi connectivity index (χ2n) is 10.4. The van der Waals surface area contributed by atoms with Gasteiger partial charge < -0.3 is 9.73 Å². The van der Waals surface area contributed by atoms with Gasteiger partial charge in [0.15, 0.2) is 11.4 Å². The Morgan fingerprint density at radius 2 is 1.31 bits per heavy atom. The molecule has 0 saturated heterocycles. The lowest BCUT2D eigenvalue weighted by atomic mass is 10.0. The Bertz CT molecular complexity index is 2180. The molecule has 6 aromatic carbocycles. The average molecular weight is 562 g/mol. The molecule has 0 fully saturated rings. The van der Waals surface area contributed by atoms with Gasteiger partial charge in [0.25, 0.3) is 0 Å². The van der Waals surface area contributed by atoms with E-state index < -0.39 is 6.17 Å². The topological polar surface area (TPSA) is 49.9 Å². The van der Waals surface area contributed by atoms with Crippen molar-refractivity contribution in [2.45, 2.75) is 6.17 Å². The highest BCUT2D eigenvalue weighted by Crippen LogP contribution is 2.39. The van der Waals surface area contributed by atoms with E-state index in [4.69, 9.17) is 26.0 Å². The lowest BCUT2D eigenvalue weighted by molar-refractivity contribution is 0.662. The van der Waals surface area contributed by atoms with Crippen LogP contribution in [-0.4, -0.2) is 11.7 Å². The van der Waals surface area contributed by atoms with E-state index in [0.717, 1.165) is 49.8 Å². The van der Waals surface area contributed by atoms with E-state index in [1.54, 1.807) is 0 Å². The van der Waals surface area contributed by atoms with E-state index in [-0.39, 0.29) is 0 Å². The summed E-state index contributed by atoms with van der Waals surface area (Å²) in [5, 5.41) is 8.48. The van der Waals surface area contributed by atoms with Crippen LogP contribution in [0.5, 0.6) is 0 Å². The molecule has 0 aliphatic carbocycles. The van der Waals surface area contributed by atoms with Gasteiger partial charge in [-0.1, -0.05) is 127 Å². The van der Waals surface area contributed by atoms with Crippen LogP contribution in [0, 0.1) is 0 Å². The molecule has 0 amide bonds. The predicted molar refractivity (Wildman–Crippen MR) is 174 cm³/mol. The van der Waals surface area contributed by atoms with E-state index in [1.807, 2.05) is 36.4 Å². The summed E-state index contributed by atoms with van der Waals surface area (Å²) in [5.74, 6) is 1.43. The summed E-state index contributed by atoms with van der Waals surface area (Å²) >= 11 is 6.64. The van der Waals surface area contributed by atoms with Crippen molar-refractivity contribution in [3.8, 4) is 11.1 Å². The number of amidine groups is 2. The van der Waals surface area contributed by atoms with Crippen LogP contribution in [0.2, 0.25) is 5.02 Å². The van der Waals surface area contributed by atoms with Crippen molar-refractivity contribution in [2.24, 2.45) is 9.98 Å². The van der Waals surface area contributed by atoms with Crippen LogP contribution in [0.15, 0.2) is 148 Å².